The van der Waals surface area contributed by atoms with Crippen LogP contribution < -0.4 is 10.1 Å². The van der Waals surface area contributed by atoms with E-state index >= 15 is 0 Å². The number of nitrogens with one attached hydrogen (secondary N) is 1. The number of aryl methyl sites for hydroxylation is 1. The molecular formula is C16H24BrNO. The van der Waals surface area contributed by atoms with Crippen LogP contribution in [0.25, 0.3) is 0 Å². The summed E-state index contributed by atoms with van der Waals surface area (Å²) in [5.74, 6) is 1.81. The van der Waals surface area contributed by atoms with E-state index < -0.39 is 0 Å². The molecule has 0 saturated heterocycles. The van der Waals surface area contributed by atoms with Gasteiger partial charge in [-0.3, -0.25) is 0 Å². The molecule has 0 bridgehead atoms. The third kappa shape index (κ3) is 3.73. The van der Waals surface area contributed by atoms with Crippen LogP contribution in [0, 0.1) is 5.92 Å². The van der Waals surface area contributed by atoms with Gasteiger partial charge in [-0.15, -0.1) is 0 Å². The first kappa shape index (κ1) is 14.9. The van der Waals surface area contributed by atoms with E-state index in [2.05, 4.69) is 54.2 Å². The summed E-state index contributed by atoms with van der Waals surface area (Å²) >= 11 is 3.61. The van der Waals surface area contributed by atoms with E-state index in [0.29, 0.717) is 12.0 Å². The quantitative estimate of drug-likeness (QED) is 0.855. The Kier molecular flexibility index (Phi) is 5.28. The normalized spacial score (nSPS) is 15.4. The molecule has 19 heavy (non-hydrogen) atoms. The van der Waals surface area contributed by atoms with Gasteiger partial charge >= 0.3 is 0 Å². The Bertz CT molecular complexity index is 431. The minimum atomic E-state index is 0.584. The van der Waals surface area contributed by atoms with Crippen LogP contribution in [0.1, 0.15) is 38.3 Å². The molecule has 0 saturated carbocycles. The van der Waals surface area contributed by atoms with Crippen LogP contribution in [0.2, 0.25) is 0 Å². The number of hydrogen-bond acceptors (Lipinski definition) is 2. The van der Waals surface area contributed by atoms with Gasteiger partial charge in [-0.1, -0.05) is 36.7 Å². The number of benzene rings is 1. The van der Waals surface area contributed by atoms with Gasteiger partial charge in [-0.05, 0) is 48.6 Å². The second kappa shape index (κ2) is 6.76. The molecule has 0 amide bonds. The topological polar surface area (TPSA) is 21.3 Å². The number of ether oxygens (including phenoxy) is 1. The van der Waals surface area contributed by atoms with Gasteiger partial charge < -0.3 is 10.1 Å². The van der Waals surface area contributed by atoms with Gasteiger partial charge in [0.2, 0.25) is 0 Å². The molecule has 0 spiro atoms. The molecule has 1 unspecified atom stereocenters. The first-order chi connectivity index (χ1) is 9.11. The summed E-state index contributed by atoms with van der Waals surface area (Å²) in [5.41, 5.74) is 2.71. The highest BCUT2D eigenvalue weighted by Gasteiger charge is 2.19. The van der Waals surface area contributed by atoms with E-state index in [9.17, 15) is 0 Å². The van der Waals surface area contributed by atoms with E-state index in [1.165, 1.54) is 15.6 Å². The molecule has 0 radical (unpaired) electrons. The Balaban J connectivity index is 2.07. The fraction of sp³-hybridized carbons (Fsp3) is 0.625. The molecule has 106 valence electrons. The van der Waals surface area contributed by atoms with E-state index in [1.807, 2.05) is 0 Å². The van der Waals surface area contributed by atoms with Crippen molar-refractivity contribution in [3.63, 3.8) is 0 Å². The lowest BCUT2D eigenvalue weighted by atomic mass is 9.95. The van der Waals surface area contributed by atoms with Crippen LogP contribution in [0.15, 0.2) is 16.6 Å². The number of rotatable bonds is 6. The third-order valence-electron chi connectivity index (χ3n) is 3.82. The Morgan fingerprint density at radius 1 is 1.37 bits per heavy atom. The van der Waals surface area contributed by atoms with Crippen molar-refractivity contribution in [2.24, 2.45) is 5.92 Å². The molecule has 1 aliphatic heterocycles. The molecule has 1 aromatic carbocycles. The Morgan fingerprint density at radius 3 is 2.84 bits per heavy atom. The van der Waals surface area contributed by atoms with Crippen molar-refractivity contribution in [1.82, 2.24) is 5.32 Å². The maximum Gasteiger partial charge on any atom is 0.125 e. The molecule has 2 nitrogen and oxygen atoms in total. The zero-order valence-electron chi connectivity index (χ0n) is 12.1. The largest absolute Gasteiger partial charge is 0.493 e. The van der Waals surface area contributed by atoms with Crippen LogP contribution in [-0.2, 0) is 12.8 Å². The molecule has 1 aliphatic rings. The van der Waals surface area contributed by atoms with Gasteiger partial charge in [0.1, 0.15) is 5.75 Å². The standard InChI is InChI=1S/C16H24BrNO/c1-4-18-15(11(2)3)6-5-12-9-14(17)10-13-7-8-19-16(12)13/h9-11,15,18H,4-8H2,1-3H3. The molecule has 0 fully saturated rings. The Hall–Kier alpha value is -0.540. The van der Waals surface area contributed by atoms with Crippen LogP contribution in [0.5, 0.6) is 5.75 Å². The van der Waals surface area contributed by atoms with Gasteiger partial charge in [0.25, 0.3) is 0 Å². The van der Waals surface area contributed by atoms with Gasteiger partial charge in [-0.2, -0.15) is 0 Å². The molecule has 0 aliphatic carbocycles. The average Bonchev–Trinajstić information content (AvgIpc) is 2.81. The molecule has 0 aromatic heterocycles. The van der Waals surface area contributed by atoms with Gasteiger partial charge in [0, 0.05) is 16.9 Å². The average molecular weight is 326 g/mol. The highest BCUT2D eigenvalue weighted by Crippen LogP contribution is 2.34. The maximum absolute atomic E-state index is 5.80. The van der Waals surface area contributed by atoms with Crippen molar-refractivity contribution < 1.29 is 4.74 Å². The zero-order chi connectivity index (χ0) is 13.8. The summed E-state index contributed by atoms with van der Waals surface area (Å²) in [4.78, 5) is 0. The lowest BCUT2D eigenvalue weighted by Crippen LogP contribution is -2.34. The van der Waals surface area contributed by atoms with Gasteiger partial charge in [0.05, 0.1) is 6.61 Å². The summed E-state index contributed by atoms with van der Waals surface area (Å²) in [7, 11) is 0. The van der Waals surface area contributed by atoms with Gasteiger partial charge in [0.15, 0.2) is 0 Å². The van der Waals surface area contributed by atoms with E-state index in [4.69, 9.17) is 4.74 Å². The zero-order valence-corrected chi connectivity index (χ0v) is 13.7. The molecular weight excluding hydrogens is 302 g/mol. The smallest absolute Gasteiger partial charge is 0.125 e. The van der Waals surface area contributed by atoms with E-state index in [1.54, 1.807) is 0 Å². The summed E-state index contributed by atoms with van der Waals surface area (Å²) in [6.07, 6.45) is 3.29. The molecule has 3 heteroatoms. The highest BCUT2D eigenvalue weighted by atomic mass is 79.9. The monoisotopic (exact) mass is 325 g/mol. The van der Waals surface area contributed by atoms with E-state index in [0.717, 1.165) is 38.2 Å². The molecule has 1 heterocycles. The van der Waals surface area contributed by atoms with Crippen LogP contribution in [0.4, 0.5) is 0 Å². The van der Waals surface area contributed by atoms with E-state index in [-0.39, 0.29) is 0 Å². The maximum atomic E-state index is 5.80. The fourth-order valence-electron chi connectivity index (χ4n) is 2.78. The van der Waals surface area contributed by atoms with Crippen molar-refractivity contribution in [2.45, 2.75) is 46.1 Å². The molecule has 1 atom stereocenters. The summed E-state index contributed by atoms with van der Waals surface area (Å²) < 4.78 is 6.97. The van der Waals surface area contributed by atoms with Crippen LogP contribution in [0.3, 0.4) is 0 Å². The lowest BCUT2D eigenvalue weighted by molar-refractivity contribution is 0.348. The minimum absolute atomic E-state index is 0.584. The van der Waals surface area contributed by atoms with Crippen molar-refractivity contribution in [3.8, 4) is 5.75 Å². The number of halogens is 1. The molecule has 1 aromatic rings. The first-order valence-electron chi connectivity index (χ1n) is 7.29. The third-order valence-corrected chi connectivity index (χ3v) is 4.28. The SMILES string of the molecule is CCNC(CCc1cc(Br)cc2c1OCC2)C(C)C. The van der Waals surface area contributed by atoms with Crippen molar-refractivity contribution >= 4 is 15.9 Å². The van der Waals surface area contributed by atoms with Gasteiger partial charge in [-0.25, -0.2) is 0 Å². The predicted molar refractivity (Wildman–Crippen MR) is 84.0 cm³/mol. The van der Waals surface area contributed by atoms with Crippen molar-refractivity contribution in [1.29, 1.82) is 0 Å². The Labute approximate surface area is 125 Å². The highest BCUT2D eigenvalue weighted by molar-refractivity contribution is 9.10. The summed E-state index contributed by atoms with van der Waals surface area (Å²) in [6.45, 7) is 8.62. The van der Waals surface area contributed by atoms with Crippen LogP contribution >= 0.6 is 15.9 Å². The number of hydrogen-bond donors (Lipinski definition) is 1. The van der Waals surface area contributed by atoms with Crippen molar-refractivity contribution in [3.05, 3.63) is 27.7 Å². The summed E-state index contributed by atoms with van der Waals surface area (Å²) in [5, 5.41) is 3.58. The van der Waals surface area contributed by atoms with Crippen LogP contribution in [-0.4, -0.2) is 19.2 Å². The number of fused-ring (bicyclic) bond motifs is 1. The Morgan fingerprint density at radius 2 is 2.16 bits per heavy atom. The minimum Gasteiger partial charge on any atom is -0.493 e. The van der Waals surface area contributed by atoms with Crippen molar-refractivity contribution in [2.75, 3.05) is 13.2 Å². The molecule has 2 rings (SSSR count). The molecule has 1 N–H and O–H groups in total. The first-order valence-corrected chi connectivity index (χ1v) is 8.08. The summed E-state index contributed by atoms with van der Waals surface area (Å²) in [6, 6.07) is 4.99. The fourth-order valence-corrected chi connectivity index (χ4v) is 3.33. The second-order valence-corrected chi connectivity index (χ2v) is 6.51. The second-order valence-electron chi connectivity index (χ2n) is 5.60. The lowest BCUT2D eigenvalue weighted by Gasteiger charge is -2.22. The predicted octanol–water partition coefficient (Wildman–Crippen LogP) is 3.95.